The van der Waals surface area contributed by atoms with E-state index in [1.807, 2.05) is 0 Å². The van der Waals surface area contributed by atoms with E-state index in [0.717, 1.165) is 0 Å². The molecule has 1 atom stereocenters. The van der Waals surface area contributed by atoms with Crippen LogP contribution in [0.4, 0.5) is 5.82 Å². The molecular formula is C14H17N3O3S. The Morgan fingerprint density at radius 3 is 3.00 bits per heavy atom. The maximum atomic E-state index is 11.9. The number of rotatable bonds is 3. The number of aromatic nitrogens is 1. The largest absolute Gasteiger partial charge is 0.320 e. The smallest absolute Gasteiger partial charge is 0.225 e. The number of nitrogens with one attached hydrogen (secondary N) is 1. The summed E-state index contributed by atoms with van der Waals surface area (Å²) >= 11 is 0. The quantitative estimate of drug-likeness (QED) is 0.774. The molecule has 0 saturated carbocycles. The van der Waals surface area contributed by atoms with Gasteiger partial charge in [-0.3, -0.25) is 4.79 Å². The van der Waals surface area contributed by atoms with Crippen molar-refractivity contribution in [3.63, 3.8) is 0 Å². The Kier molecular flexibility index (Phi) is 4.94. The molecule has 1 aromatic rings. The van der Waals surface area contributed by atoms with E-state index >= 15 is 0 Å². The SMILES string of the molecule is NCC#Cc1ccnc(NC(=O)CC2CCS(=O)(=O)C2)c1. The minimum Gasteiger partial charge on any atom is -0.320 e. The van der Waals surface area contributed by atoms with Crippen molar-refractivity contribution in [3.8, 4) is 11.8 Å². The maximum Gasteiger partial charge on any atom is 0.225 e. The molecule has 1 aliphatic rings. The van der Waals surface area contributed by atoms with Crippen LogP contribution in [0.1, 0.15) is 18.4 Å². The first kappa shape index (κ1) is 15.5. The van der Waals surface area contributed by atoms with Crippen LogP contribution >= 0.6 is 0 Å². The van der Waals surface area contributed by atoms with Crippen molar-refractivity contribution in [2.45, 2.75) is 12.8 Å². The zero-order chi connectivity index (χ0) is 15.3. The monoisotopic (exact) mass is 307 g/mol. The number of nitrogens with zero attached hydrogens (tertiary/aromatic N) is 1. The van der Waals surface area contributed by atoms with Crippen LogP contribution < -0.4 is 11.1 Å². The van der Waals surface area contributed by atoms with Crippen molar-refractivity contribution in [3.05, 3.63) is 23.9 Å². The molecule has 0 aromatic carbocycles. The Morgan fingerprint density at radius 1 is 1.52 bits per heavy atom. The van der Waals surface area contributed by atoms with Gasteiger partial charge < -0.3 is 11.1 Å². The van der Waals surface area contributed by atoms with Crippen LogP contribution in [0.15, 0.2) is 18.3 Å². The van der Waals surface area contributed by atoms with Crippen LogP contribution in [-0.4, -0.2) is 37.4 Å². The summed E-state index contributed by atoms with van der Waals surface area (Å²) in [7, 11) is -2.96. The maximum absolute atomic E-state index is 11.9. The Hall–Kier alpha value is -1.91. The van der Waals surface area contributed by atoms with Crippen LogP contribution in [0.2, 0.25) is 0 Å². The van der Waals surface area contributed by atoms with Crippen molar-refractivity contribution in [2.24, 2.45) is 11.7 Å². The lowest BCUT2D eigenvalue weighted by molar-refractivity contribution is -0.116. The fraction of sp³-hybridized carbons (Fsp3) is 0.429. The lowest BCUT2D eigenvalue weighted by Crippen LogP contribution is -2.18. The summed E-state index contributed by atoms with van der Waals surface area (Å²) in [6.07, 6.45) is 2.29. The molecule has 0 radical (unpaired) electrons. The van der Waals surface area contributed by atoms with E-state index in [4.69, 9.17) is 5.73 Å². The van der Waals surface area contributed by atoms with Gasteiger partial charge in [0.15, 0.2) is 9.84 Å². The van der Waals surface area contributed by atoms with Crippen molar-refractivity contribution in [2.75, 3.05) is 23.4 Å². The third-order valence-electron chi connectivity index (χ3n) is 3.16. The van der Waals surface area contributed by atoms with E-state index in [-0.39, 0.29) is 36.3 Å². The highest BCUT2D eigenvalue weighted by molar-refractivity contribution is 7.91. The predicted octanol–water partition coefficient (Wildman–Crippen LogP) is 0.155. The molecule has 2 heterocycles. The number of pyridine rings is 1. The Balaban J connectivity index is 1.94. The summed E-state index contributed by atoms with van der Waals surface area (Å²) in [5, 5.41) is 2.67. The first-order valence-electron chi connectivity index (χ1n) is 6.64. The fourth-order valence-electron chi connectivity index (χ4n) is 2.22. The van der Waals surface area contributed by atoms with Gasteiger partial charge >= 0.3 is 0 Å². The molecule has 21 heavy (non-hydrogen) atoms. The Labute approximate surface area is 124 Å². The van der Waals surface area contributed by atoms with Crippen LogP contribution in [0, 0.1) is 17.8 Å². The average Bonchev–Trinajstić information content (AvgIpc) is 2.75. The molecule has 0 aliphatic carbocycles. The van der Waals surface area contributed by atoms with Gasteiger partial charge in [0.2, 0.25) is 5.91 Å². The molecule has 2 rings (SSSR count). The minimum atomic E-state index is -2.96. The van der Waals surface area contributed by atoms with Crippen molar-refractivity contribution in [1.29, 1.82) is 0 Å². The van der Waals surface area contributed by atoms with Gasteiger partial charge in [0, 0.05) is 18.2 Å². The second-order valence-electron chi connectivity index (χ2n) is 4.96. The summed E-state index contributed by atoms with van der Waals surface area (Å²) in [6, 6.07) is 3.38. The van der Waals surface area contributed by atoms with Gasteiger partial charge in [-0.1, -0.05) is 11.8 Å². The summed E-state index contributed by atoms with van der Waals surface area (Å²) in [4.78, 5) is 15.9. The van der Waals surface area contributed by atoms with Crippen LogP contribution in [0.25, 0.3) is 0 Å². The number of hydrogen-bond acceptors (Lipinski definition) is 5. The summed E-state index contributed by atoms with van der Waals surface area (Å²) < 4.78 is 22.7. The zero-order valence-corrected chi connectivity index (χ0v) is 12.3. The zero-order valence-electron chi connectivity index (χ0n) is 11.5. The molecule has 1 unspecified atom stereocenters. The fourth-order valence-corrected chi connectivity index (χ4v) is 4.08. The van der Waals surface area contributed by atoms with Crippen LogP contribution in [0.3, 0.4) is 0 Å². The first-order valence-corrected chi connectivity index (χ1v) is 8.46. The van der Waals surface area contributed by atoms with Crippen molar-refractivity contribution in [1.82, 2.24) is 4.98 Å². The Morgan fingerprint density at radius 2 is 2.33 bits per heavy atom. The predicted molar refractivity (Wildman–Crippen MR) is 80.2 cm³/mol. The van der Waals surface area contributed by atoms with E-state index in [1.54, 1.807) is 18.3 Å². The van der Waals surface area contributed by atoms with E-state index < -0.39 is 9.84 Å². The molecule has 6 nitrogen and oxygen atoms in total. The third-order valence-corrected chi connectivity index (χ3v) is 5.00. The summed E-state index contributed by atoms with van der Waals surface area (Å²) in [5.74, 6) is 5.92. The van der Waals surface area contributed by atoms with E-state index in [0.29, 0.717) is 17.8 Å². The van der Waals surface area contributed by atoms with Gasteiger partial charge in [0.05, 0.1) is 18.1 Å². The molecular weight excluding hydrogens is 290 g/mol. The molecule has 7 heteroatoms. The lowest BCUT2D eigenvalue weighted by atomic mass is 10.1. The second kappa shape index (κ2) is 6.70. The topological polar surface area (TPSA) is 102 Å². The minimum absolute atomic E-state index is 0.0931. The number of sulfone groups is 1. The first-order chi connectivity index (χ1) is 9.98. The molecule has 1 amide bonds. The summed E-state index contributed by atoms with van der Waals surface area (Å²) in [6.45, 7) is 0.264. The number of anilines is 1. The van der Waals surface area contributed by atoms with Gasteiger partial charge in [0.1, 0.15) is 5.82 Å². The number of hydrogen-bond donors (Lipinski definition) is 2. The third kappa shape index (κ3) is 4.85. The average molecular weight is 307 g/mol. The molecule has 3 N–H and O–H groups in total. The highest BCUT2D eigenvalue weighted by atomic mass is 32.2. The highest BCUT2D eigenvalue weighted by Gasteiger charge is 2.29. The van der Waals surface area contributed by atoms with Gasteiger partial charge in [0.25, 0.3) is 0 Å². The summed E-state index contributed by atoms with van der Waals surface area (Å²) in [5.41, 5.74) is 6.02. The normalized spacial score (nSPS) is 19.6. The Bertz CT molecular complexity index is 689. The van der Waals surface area contributed by atoms with Gasteiger partial charge in [-0.25, -0.2) is 13.4 Å². The van der Waals surface area contributed by atoms with Gasteiger partial charge in [-0.2, -0.15) is 0 Å². The van der Waals surface area contributed by atoms with Gasteiger partial charge in [-0.15, -0.1) is 0 Å². The van der Waals surface area contributed by atoms with E-state index in [1.165, 1.54) is 0 Å². The molecule has 112 valence electrons. The highest BCUT2D eigenvalue weighted by Crippen LogP contribution is 2.22. The molecule has 1 aromatic heterocycles. The molecule has 0 bridgehead atoms. The van der Waals surface area contributed by atoms with Gasteiger partial charge in [-0.05, 0) is 24.5 Å². The van der Waals surface area contributed by atoms with E-state index in [2.05, 4.69) is 22.1 Å². The number of nitrogens with two attached hydrogens (primary N) is 1. The molecule has 1 saturated heterocycles. The second-order valence-corrected chi connectivity index (χ2v) is 7.19. The van der Waals surface area contributed by atoms with Crippen molar-refractivity contribution < 1.29 is 13.2 Å². The number of amides is 1. The van der Waals surface area contributed by atoms with Crippen LogP contribution in [0.5, 0.6) is 0 Å². The molecule has 1 fully saturated rings. The van der Waals surface area contributed by atoms with Crippen molar-refractivity contribution >= 4 is 21.6 Å². The lowest BCUT2D eigenvalue weighted by Gasteiger charge is -2.08. The van der Waals surface area contributed by atoms with Crippen LogP contribution in [-0.2, 0) is 14.6 Å². The standard InChI is InChI=1S/C14H17N3O3S/c15-5-1-2-11-3-6-16-13(8-11)17-14(18)9-12-4-7-21(19,20)10-12/h3,6,8,12H,4-5,7,9-10,15H2,(H,16,17,18). The number of carbonyl (C=O) groups excluding carboxylic acids is 1. The van der Waals surface area contributed by atoms with E-state index in [9.17, 15) is 13.2 Å². The molecule has 1 aliphatic heterocycles. The molecule has 0 spiro atoms. The number of carbonyl (C=O) groups is 1.